The zero-order chi connectivity index (χ0) is 19.0. The Kier molecular flexibility index (Phi) is 23.9. The van der Waals surface area contributed by atoms with Gasteiger partial charge in [0.15, 0.2) is 0 Å². The summed E-state index contributed by atoms with van der Waals surface area (Å²) in [6, 6.07) is 0. The Labute approximate surface area is 165 Å². The number of aldehydes is 1. The monoisotopic (exact) mass is 364 g/mol. The molecule has 0 aliphatic carbocycles. The maximum absolute atomic E-state index is 10.2. The van der Waals surface area contributed by atoms with E-state index in [1.165, 1.54) is 122 Å². The first-order valence-corrected chi connectivity index (χ1v) is 12.0. The van der Waals surface area contributed by atoms with Crippen LogP contribution in [0.4, 0.5) is 0 Å². The molecule has 1 heteroatoms. The summed E-state index contributed by atoms with van der Waals surface area (Å²) in [5.74, 6) is 0. The van der Waals surface area contributed by atoms with E-state index in [9.17, 15) is 4.79 Å². The van der Waals surface area contributed by atoms with E-state index in [0.717, 1.165) is 19.1 Å². The molecule has 154 valence electrons. The normalized spacial score (nSPS) is 11.4. The van der Waals surface area contributed by atoms with Crippen molar-refractivity contribution < 1.29 is 4.79 Å². The highest BCUT2D eigenvalue weighted by Gasteiger charge is 1.94. The Hall–Kier alpha value is -0.590. The number of unbranched alkanes of at least 4 members (excludes halogenated alkanes) is 19. The molecular formula is C25H48O. The summed E-state index contributed by atoms with van der Waals surface area (Å²) >= 11 is 0. The zero-order valence-electron chi connectivity index (χ0n) is 18.0. The van der Waals surface area contributed by atoms with Crippen LogP contribution >= 0.6 is 0 Å². The molecule has 1 nitrogen and oxygen atoms in total. The van der Waals surface area contributed by atoms with Crippen LogP contribution in [0.2, 0.25) is 0 Å². The molecular weight excluding hydrogens is 316 g/mol. The minimum Gasteiger partial charge on any atom is -0.303 e. The average Bonchev–Trinajstić information content (AvgIpc) is 2.66. The van der Waals surface area contributed by atoms with Crippen molar-refractivity contribution in [1.82, 2.24) is 0 Å². The van der Waals surface area contributed by atoms with Crippen molar-refractivity contribution in [2.24, 2.45) is 0 Å². The molecule has 0 fully saturated rings. The lowest BCUT2D eigenvalue weighted by Crippen LogP contribution is -1.83. The Morgan fingerprint density at radius 2 is 0.731 bits per heavy atom. The molecule has 0 aromatic heterocycles. The van der Waals surface area contributed by atoms with Gasteiger partial charge < -0.3 is 4.79 Å². The minimum atomic E-state index is 0.759. The Bertz CT molecular complexity index is 282. The molecule has 0 unspecified atom stereocenters. The number of hydrogen-bond acceptors (Lipinski definition) is 1. The molecule has 0 aromatic carbocycles. The van der Waals surface area contributed by atoms with Crippen molar-refractivity contribution in [3.8, 4) is 0 Å². The van der Waals surface area contributed by atoms with Crippen molar-refractivity contribution in [3.05, 3.63) is 12.2 Å². The average molecular weight is 365 g/mol. The Morgan fingerprint density at radius 1 is 0.423 bits per heavy atom. The summed E-state index contributed by atoms with van der Waals surface area (Å²) in [6.45, 7) is 2.28. The molecule has 0 aromatic rings. The lowest BCUT2D eigenvalue weighted by atomic mass is 10.0. The van der Waals surface area contributed by atoms with Crippen molar-refractivity contribution in [3.63, 3.8) is 0 Å². The smallest absolute Gasteiger partial charge is 0.119 e. The van der Waals surface area contributed by atoms with E-state index in [1.54, 1.807) is 0 Å². The maximum Gasteiger partial charge on any atom is 0.119 e. The van der Waals surface area contributed by atoms with Crippen LogP contribution in [0.25, 0.3) is 0 Å². The number of rotatable bonds is 22. The second kappa shape index (κ2) is 24.4. The first-order chi connectivity index (χ1) is 12.9. The molecule has 0 aliphatic rings. The molecule has 0 atom stereocenters. The summed E-state index contributed by atoms with van der Waals surface area (Å²) < 4.78 is 0. The Balaban J connectivity index is 3.03. The second-order valence-corrected chi connectivity index (χ2v) is 8.01. The van der Waals surface area contributed by atoms with Gasteiger partial charge in [-0.05, 0) is 32.1 Å². The largest absolute Gasteiger partial charge is 0.303 e. The summed E-state index contributed by atoms with van der Waals surface area (Å²) in [7, 11) is 0. The van der Waals surface area contributed by atoms with E-state index in [2.05, 4.69) is 19.1 Å². The minimum absolute atomic E-state index is 0.759. The Morgan fingerprint density at radius 3 is 1.08 bits per heavy atom. The summed E-state index contributed by atoms with van der Waals surface area (Å²) in [5, 5.41) is 0. The van der Waals surface area contributed by atoms with Crippen molar-refractivity contribution >= 4 is 6.29 Å². The van der Waals surface area contributed by atoms with E-state index in [4.69, 9.17) is 0 Å². The molecule has 0 spiro atoms. The number of carbonyl (C=O) groups excluding carboxylic acids is 1. The van der Waals surface area contributed by atoms with Gasteiger partial charge in [-0.2, -0.15) is 0 Å². The van der Waals surface area contributed by atoms with Crippen LogP contribution in [0.3, 0.4) is 0 Å². The number of allylic oxidation sites excluding steroid dienone is 2. The van der Waals surface area contributed by atoms with Gasteiger partial charge in [0.1, 0.15) is 6.29 Å². The number of carbonyl (C=O) groups is 1. The van der Waals surface area contributed by atoms with Crippen LogP contribution < -0.4 is 0 Å². The summed E-state index contributed by atoms with van der Waals surface area (Å²) in [6.07, 6.45) is 34.0. The van der Waals surface area contributed by atoms with Gasteiger partial charge >= 0.3 is 0 Å². The predicted molar refractivity (Wildman–Crippen MR) is 118 cm³/mol. The fraction of sp³-hybridized carbons (Fsp3) is 0.880. The summed E-state index contributed by atoms with van der Waals surface area (Å²) in [5.41, 5.74) is 0. The van der Waals surface area contributed by atoms with E-state index in [-0.39, 0.29) is 0 Å². The number of hydrogen-bond donors (Lipinski definition) is 0. The standard InChI is InChI=1S/C25H48O/c1-2-3-4-5-6-7-8-9-10-11-12-13-14-15-16-17-18-19-20-21-22-23-24-25-26/h8-9,25H,2-7,10-24H2,1H3. The van der Waals surface area contributed by atoms with Crippen LogP contribution in [0.5, 0.6) is 0 Å². The highest BCUT2D eigenvalue weighted by atomic mass is 16.1. The third-order valence-electron chi connectivity index (χ3n) is 5.33. The van der Waals surface area contributed by atoms with Crippen LogP contribution in [-0.4, -0.2) is 6.29 Å². The van der Waals surface area contributed by atoms with Crippen LogP contribution in [0, 0.1) is 0 Å². The third kappa shape index (κ3) is 23.4. The van der Waals surface area contributed by atoms with Crippen molar-refractivity contribution in [2.45, 2.75) is 142 Å². The van der Waals surface area contributed by atoms with Gasteiger partial charge in [-0.3, -0.25) is 0 Å². The van der Waals surface area contributed by atoms with Gasteiger partial charge in [0, 0.05) is 6.42 Å². The molecule has 0 bridgehead atoms. The van der Waals surface area contributed by atoms with Crippen LogP contribution in [-0.2, 0) is 4.79 Å². The van der Waals surface area contributed by atoms with Gasteiger partial charge in [0.2, 0.25) is 0 Å². The molecule has 0 saturated heterocycles. The van der Waals surface area contributed by atoms with E-state index in [1.807, 2.05) is 0 Å². The van der Waals surface area contributed by atoms with Gasteiger partial charge in [-0.15, -0.1) is 0 Å². The molecule has 0 heterocycles. The van der Waals surface area contributed by atoms with E-state index < -0.39 is 0 Å². The van der Waals surface area contributed by atoms with Gasteiger partial charge in [-0.1, -0.05) is 115 Å². The van der Waals surface area contributed by atoms with Gasteiger partial charge in [0.25, 0.3) is 0 Å². The lowest BCUT2D eigenvalue weighted by Gasteiger charge is -2.02. The third-order valence-corrected chi connectivity index (χ3v) is 5.33. The summed E-state index contributed by atoms with van der Waals surface area (Å²) in [4.78, 5) is 10.2. The van der Waals surface area contributed by atoms with Gasteiger partial charge in [0.05, 0.1) is 0 Å². The molecule has 0 amide bonds. The highest BCUT2D eigenvalue weighted by molar-refractivity contribution is 5.48. The van der Waals surface area contributed by atoms with E-state index in [0.29, 0.717) is 0 Å². The molecule has 0 N–H and O–H groups in total. The highest BCUT2D eigenvalue weighted by Crippen LogP contribution is 2.13. The lowest BCUT2D eigenvalue weighted by molar-refractivity contribution is -0.107. The van der Waals surface area contributed by atoms with Crippen molar-refractivity contribution in [2.75, 3.05) is 0 Å². The fourth-order valence-electron chi connectivity index (χ4n) is 3.54. The van der Waals surface area contributed by atoms with Crippen LogP contribution in [0.1, 0.15) is 142 Å². The zero-order valence-corrected chi connectivity index (χ0v) is 18.0. The maximum atomic E-state index is 10.2. The topological polar surface area (TPSA) is 17.1 Å². The van der Waals surface area contributed by atoms with Crippen LogP contribution in [0.15, 0.2) is 12.2 Å². The molecule has 26 heavy (non-hydrogen) atoms. The molecule has 0 saturated carbocycles. The fourth-order valence-corrected chi connectivity index (χ4v) is 3.54. The predicted octanol–water partition coefficient (Wildman–Crippen LogP) is 8.95. The van der Waals surface area contributed by atoms with E-state index >= 15 is 0 Å². The van der Waals surface area contributed by atoms with Crippen molar-refractivity contribution in [1.29, 1.82) is 0 Å². The SMILES string of the molecule is CCCCCCCC=CCCCCCCCCCCCCCCCC=O. The first-order valence-electron chi connectivity index (χ1n) is 12.0. The molecule has 0 aliphatic heterocycles. The first kappa shape index (κ1) is 25.4. The quantitative estimate of drug-likeness (QED) is 0.106. The molecule has 0 rings (SSSR count). The van der Waals surface area contributed by atoms with Gasteiger partial charge in [-0.25, -0.2) is 0 Å². The second-order valence-electron chi connectivity index (χ2n) is 8.01. The molecule has 0 radical (unpaired) electrons.